The quantitative estimate of drug-likeness (QED) is 0.409. The molecule has 172 valence electrons. The second-order valence-corrected chi connectivity index (χ2v) is 10.1. The Hall–Kier alpha value is -2.76. The van der Waals surface area contributed by atoms with Crippen LogP contribution in [0.1, 0.15) is 71.1 Å². The number of aromatic nitrogens is 3. The van der Waals surface area contributed by atoms with Crippen LogP contribution < -0.4 is 4.90 Å². The van der Waals surface area contributed by atoms with E-state index in [0.29, 0.717) is 5.41 Å². The van der Waals surface area contributed by atoms with Crippen molar-refractivity contribution in [2.45, 2.75) is 78.7 Å². The number of unbranched alkanes of at least 4 members (excludes halogenated alkanes) is 2. The van der Waals surface area contributed by atoms with Gasteiger partial charge in [-0.25, -0.2) is 4.79 Å². The van der Waals surface area contributed by atoms with Gasteiger partial charge < -0.3 is 9.72 Å². The first-order valence-electron chi connectivity index (χ1n) is 11.9. The lowest BCUT2D eigenvalue weighted by atomic mass is 9.76. The number of carbonyl (C=O) groups is 1. The van der Waals surface area contributed by atoms with Crippen molar-refractivity contribution in [3.05, 3.63) is 35.5 Å². The second kappa shape index (κ2) is 9.00. The summed E-state index contributed by atoms with van der Waals surface area (Å²) in [7, 11) is 1.76. The molecule has 0 bridgehead atoms. The van der Waals surface area contributed by atoms with E-state index in [1.54, 1.807) is 11.9 Å². The van der Waals surface area contributed by atoms with E-state index in [2.05, 4.69) is 42.0 Å². The van der Waals surface area contributed by atoms with Crippen LogP contribution >= 0.6 is 0 Å². The number of rotatable bonds is 7. The number of anilines is 1. The summed E-state index contributed by atoms with van der Waals surface area (Å²) in [6.07, 6.45) is 7.16. The number of hydrogen-bond donors (Lipinski definition) is 2. The summed E-state index contributed by atoms with van der Waals surface area (Å²) in [5, 5.41) is 9.01. The lowest BCUT2D eigenvalue weighted by Gasteiger charge is -2.28. The third-order valence-electron chi connectivity index (χ3n) is 6.70. The average molecular weight is 437 g/mol. The molecule has 6 heteroatoms. The van der Waals surface area contributed by atoms with Crippen LogP contribution in [-0.2, 0) is 17.6 Å². The van der Waals surface area contributed by atoms with Crippen molar-refractivity contribution in [2.24, 2.45) is 5.41 Å². The molecule has 1 unspecified atom stereocenters. The first-order chi connectivity index (χ1) is 15.3. The van der Waals surface area contributed by atoms with Gasteiger partial charge in [0.1, 0.15) is 11.8 Å². The summed E-state index contributed by atoms with van der Waals surface area (Å²) in [4.78, 5) is 17.7. The SMILES string of the molecule is CCCCCC(C)OC(=O)N(C)c1ccc2cc(-c3n[nH]c4c3CCC(C)(C)C4)[nH]c2c1. The number of benzene rings is 1. The highest BCUT2D eigenvalue weighted by molar-refractivity contribution is 5.93. The number of fused-ring (bicyclic) bond motifs is 2. The van der Waals surface area contributed by atoms with Gasteiger partial charge in [-0.05, 0) is 62.6 Å². The van der Waals surface area contributed by atoms with E-state index in [1.807, 2.05) is 25.1 Å². The summed E-state index contributed by atoms with van der Waals surface area (Å²) in [5.74, 6) is 0. The molecule has 4 rings (SSSR count). The zero-order valence-electron chi connectivity index (χ0n) is 20.0. The highest BCUT2D eigenvalue weighted by Crippen LogP contribution is 2.38. The van der Waals surface area contributed by atoms with Crippen molar-refractivity contribution in [3.8, 4) is 11.4 Å². The number of amides is 1. The van der Waals surface area contributed by atoms with Crippen molar-refractivity contribution in [2.75, 3.05) is 11.9 Å². The maximum Gasteiger partial charge on any atom is 0.414 e. The normalized spacial score (nSPS) is 16.0. The van der Waals surface area contributed by atoms with E-state index in [9.17, 15) is 4.79 Å². The van der Waals surface area contributed by atoms with Gasteiger partial charge in [-0.3, -0.25) is 10.00 Å². The second-order valence-electron chi connectivity index (χ2n) is 10.1. The molecule has 0 saturated heterocycles. The Balaban J connectivity index is 1.50. The Labute approximate surface area is 190 Å². The number of hydrogen-bond acceptors (Lipinski definition) is 3. The van der Waals surface area contributed by atoms with Gasteiger partial charge in [-0.1, -0.05) is 39.7 Å². The van der Waals surface area contributed by atoms with Crippen LogP contribution in [0.3, 0.4) is 0 Å². The molecule has 0 radical (unpaired) electrons. The lowest BCUT2D eigenvalue weighted by molar-refractivity contribution is 0.108. The number of carbonyl (C=O) groups excluding carboxylic acids is 1. The van der Waals surface area contributed by atoms with Crippen LogP contribution in [0.15, 0.2) is 24.3 Å². The predicted octanol–water partition coefficient (Wildman–Crippen LogP) is 6.61. The molecule has 1 aliphatic rings. The maximum absolute atomic E-state index is 12.6. The molecule has 2 heterocycles. The summed E-state index contributed by atoms with van der Waals surface area (Å²) < 4.78 is 5.63. The number of nitrogens with one attached hydrogen (secondary N) is 2. The molecule has 2 aromatic heterocycles. The van der Waals surface area contributed by atoms with Gasteiger partial charge in [0.05, 0.1) is 5.69 Å². The molecule has 1 aliphatic carbocycles. The molecule has 3 aromatic rings. The summed E-state index contributed by atoms with van der Waals surface area (Å²) in [5.41, 5.74) is 6.73. The van der Waals surface area contributed by atoms with Crippen molar-refractivity contribution in [1.82, 2.24) is 15.2 Å². The average Bonchev–Trinajstić information content (AvgIpc) is 3.35. The molecule has 6 nitrogen and oxygen atoms in total. The number of aromatic amines is 2. The molecule has 1 aromatic carbocycles. The minimum atomic E-state index is -0.316. The maximum atomic E-state index is 12.6. The van der Waals surface area contributed by atoms with Crippen LogP contribution in [0.4, 0.5) is 10.5 Å². The van der Waals surface area contributed by atoms with Gasteiger partial charge in [-0.2, -0.15) is 5.10 Å². The van der Waals surface area contributed by atoms with E-state index in [1.165, 1.54) is 24.1 Å². The Kier molecular flexibility index (Phi) is 6.31. The third kappa shape index (κ3) is 4.69. The predicted molar refractivity (Wildman–Crippen MR) is 130 cm³/mol. The van der Waals surface area contributed by atoms with Crippen molar-refractivity contribution < 1.29 is 9.53 Å². The van der Waals surface area contributed by atoms with Crippen LogP contribution in [0.5, 0.6) is 0 Å². The molecule has 32 heavy (non-hydrogen) atoms. The van der Waals surface area contributed by atoms with Gasteiger partial charge in [0.2, 0.25) is 0 Å². The van der Waals surface area contributed by atoms with Gasteiger partial charge >= 0.3 is 6.09 Å². The highest BCUT2D eigenvalue weighted by atomic mass is 16.6. The summed E-state index contributed by atoms with van der Waals surface area (Å²) >= 11 is 0. The Morgan fingerprint density at radius 2 is 2.09 bits per heavy atom. The molecule has 1 atom stereocenters. The molecule has 0 spiro atoms. The zero-order valence-corrected chi connectivity index (χ0v) is 20.0. The first-order valence-corrected chi connectivity index (χ1v) is 11.9. The number of H-pyrrole nitrogens is 2. The molecule has 1 amide bonds. The van der Waals surface area contributed by atoms with Crippen molar-refractivity contribution in [3.63, 3.8) is 0 Å². The van der Waals surface area contributed by atoms with E-state index in [4.69, 9.17) is 4.74 Å². The fourth-order valence-corrected chi connectivity index (χ4v) is 4.62. The van der Waals surface area contributed by atoms with Crippen LogP contribution in [-0.4, -0.2) is 34.4 Å². The van der Waals surface area contributed by atoms with Gasteiger partial charge in [0.15, 0.2) is 0 Å². The molecular weight excluding hydrogens is 400 g/mol. The highest BCUT2D eigenvalue weighted by Gasteiger charge is 2.29. The van der Waals surface area contributed by atoms with Gasteiger partial charge in [0.25, 0.3) is 0 Å². The minimum Gasteiger partial charge on any atom is -0.446 e. The fourth-order valence-electron chi connectivity index (χ4n) is 4.62. The fraction of sp³-hybridized carbons (Fsp3) is 0.538. The summed E-state index contributed by atoms with van der Waals surface area (Å²) in [6, 6.07) is 8.15. The van der Waals surface area contributed by atoms with E-state index < -0.39 is 0 Å². The van der Waals surface area contributed by atoms with Gasteiger partial charge in [0, 0.05) is 34.9 Å². The topological polar surface area (TPSA) is 74.0 Å². The Morgan fingerprint density at radius 3 is 2.88 bits per heavy atom. The van der Waals surface area contributed by atoms with Crippen molar-refractivity contribution in [1.29, 1.82) is 0 Å². The largest absolute Gasteiger partial charge is 0.446 e. The molecule has 0 fully saturated rings. The van der Waals surface area contributed by atoms with E-state index >= 15 is 0 Å². The Bertz CT molecular complexity index is 1090. The van der Waals surface area contributed by atoms with Gasteiger partial charge in [-0.15, -0.1) is 0 Å². The molecular formula is C26H36N4O2. The number of ether oxygens (including phenoxy) is 1. The third-order valence-corrected chi connectivity index (χ3v) is 6.70. The first kappa shape index (κ1) is 22.4. The minimum absolute atomic E-state index is 0.0758. The van der Waals surface area contributed by atoms with E-state index in [0.717, 1.165) is 60.1 Å². The van der Waals surface area contributed by atoms with Crippen molar-refractivity contribution >= 4 is 22.7 Å². The van der Waals surface area contributed by atoms with E-state index in [-0.39, 0.29) is 12.2 Å². The van der Waals surface area contributed by atoms with Crippen LogP contribution in [0.2, 0.25) is 0 Å². The molecule has 0 aliphatic heterocycles. The Morgan fingerprint density at radius 1 is 1.28 bits per heavy atom. The number of nitrogens with zero attached hydrogens (tertiary/aromatic N) is 2. The monoisotopic (exact) mass is 436 g/mol. The summed E-state index contributed by atoms with van der Waals surface area (Å²) in [6.45, 7) is 8.77. The standard InChI is InChI=1S/C26H36N4O2/c1-6-7-8-9-17(2)32-25(31)30(5)19-11-10-18-14-22(27-21(18)15-19)24-20-12-13-26(3,4)16-23(20)28-29-24/h10-11,14-15,17,27H,6-9,12-13,16H2,1-5H3,(H,28,29). The smallest absolute Gasteiger partial charge is 0.414 e. The zero-order chi connectivity index (χ0) is 22.9. The molecule has 0 saturated carbocycles. The molecule has 2 N–H and O–H groups in total. The lowest BCUT2D eigenvalue weighted by Crippen LogP contribution is -2.30. The van der Waals surface area contributed by atoms with Crippen LogP contribution in [0, 0.1) is 5.41 Å². The van der Waals surface area contributed by atoms with Crippen LogP contribution in [0.25, 0.3) is 22.3 Å².